The highest BCUT2D eigenvalue weighted by Gasteiger charge is 2.16. The zero-order valence-electron chi connectivity index (χ0n) is 12.5. The lowest BCUT2D eigenvalue weighted by Crippen LogP contribution is -2.10. The minimum absolute atomic E-state index is 0.268. The lowest BCUT2D eigenvalue weighted by atomic mass is 10.0. The van der Waals surface area contributed by atoms with Crippen LogP contribution in [-0.2, 0) is 9.47 Å². The number of rotatable bonds is 3. The molecule has 0 unspecified atom stereocenters. The second kappa shape index (κ2) is 5.91. The van der Waals surface area contributed by atoms with Crippen molar-refractivity contribution in [1.82, 2.24) is 4.98 Å². The number of hydrogen-bond acceptors (Lipinski definition) is 5. The molecule has 110 valence electrons. The number of benzene rings is 1. The molecule has 5 heteroatoms. The fourth-order valence-corrected chi connectivity index (χ4v) is 2.18. The average Bonchev–Trinajstić information content (AvgIpc) is 2.45. The average molecular weight is 287 g/mol. The van der Waals surface area contributed by atoms with Crippen LogP contribution in [0.25, 0.3) is 10.9 Å². The van der Waals surface area contributed by atoms with E-state index < -0.39 is 11.9 Å². The van der Waals surface area contributed by atoms with Gasteiger partial charge in [0.2, 0.25) is 0 Å². The number of aryl methyl sites for hydroxylation is 2. The number of fused-ring (bicyclic) bond motifs is 1. The van der Waals surface area contributed by atoms with Crippen LogP contribution in [0.3, 0.4) is 0 Å². The molecule has 0 aliphatic rings. The molecule has 2 aromatic rings. The lowest BCUT2D eigenvalue weighted by Gasteiger charge is -2.09. The van der Waals surface area contributed by atoms with E-state index in [4.69, 9.17) is 9.47 Å². The molecule has 0 atom stereocenters. The molecule has 2 rings (SSSR count). The van der Waals surface area contributed by atoms with E-state index in [1.54, 1.807) is 13.0 Å². The summed E-state index contributed by atoms with van der Waals surface area (Å²) in [5, 5.41) is 0.866. The van der Waals surface area contributed by atoms with Crippen molar-refractivity contribution < 1.29 is 19.1 Å². The van der Waals surface area contributed by atoms with Gasteiger partial charge in [-0.1, -0.05) is 0 Å². The van der Waals surface area contributed by atoms with Gasteiger partial charge in [-0.3, -0.25) is 0 Å². The number of hydrogen-bond donors (Lipinski definition) is 0. The number of carbonyl (C=O) groups excluding carboxylic acids is 2. The Hall–Kier alpha value is -2.43. The predicted octanol–water partition coefficient (Wildman–Crippen LogP) is 2.81. The normalized spacial score (nSPS) is 10.5. The zero-order valence-corrected chi connectivity index (χ0v) is 12.5. The molecule has 5 nitrogen and oxygen atoms in total. The monoisotopic (exact) mass is 287 g/mol. The van der Waals surface area contributed by atoms with Crippen molar-refractivity contribution in [3.05, 3.63) is 40.6 Å². The number of carbonyl (C=O) groups is 2. The summed E-state index contributed by atoms with van der Waals surface area (Å²) in [6, 6.07) is 5.36. The molecule has 0 saturated heterocycles. The molecule has 0 bridgehead atoms. The number of methoxy groups -OCH3 is 1. The van der Waals surface area contributed by atoms with Gasteiger partial charge in [0.25, 0.3) is 0 Å². The van der Waals surface area contributed by atoms with Crippen molar-refractivity contribution in [2.24, 2.45) is 0 Å². The van der Waals surface area contributed by atoms with Crippen LogP contribution < -0.4 is 0 Å². The molecule has 0 N–H and O–H groups in total. The Labute approximate surface area is 122 Å². The van der Waals surface area contributed by atoms with Gasteiger partial charge in [0.05, 0.1) is 24.8 Å². The zero-order chi connectivity index (χ0) is 15.6. The van der Waals surface area contributed by atoms with Gasteiger partial charge in [-0.2, -0.15) is 0 Å². The molecule has 0 aliphatic heterocycles. The van der Waals surface area contributed by atoms with Gasteiger partial charge in [0.1, 0.15) is 0 Å². The fraction of sp³-hybridized carbons (Fsp3) is 0.312. The van der Waals surface area contributed by atoms with Gasteiger partial charge in [-0.05, 0) is 50.1 Å². The van der Waals surface area contributed by atoms with Crippen molar-refractivity contribution in [3.8, 4) is 0 Å². The Kier molecular flexibility index (Phi) is 4.21. The Balaban J connectivity index is 2.62. The largest absolute Gasteiger partial charge is 0.465 e. The summed E-state index contributed by atoms with van der Waals surface area (Å²) >= 11 is 0. The SMILES string of the molecule is CCOC(=O)c1nc2cc(C(=O)OC)c(C)cc2cc1C. The smallest absolute Gasteiger partial charge is 0.357 e. The fourth-order valence-electron chi connectivity index (χ4n) is 2.18. The van der Waals surface area contributed by atoms with Gasteiger partial charge >= 0.3 is 11.9 Å². The lowest BCUT2D eigenvalue weighted by molar-refractivity contribution is 0.0518. The number of ether oxygens (including phenoxy) is 2. The number of aromatic nitrogens is 1. The van der Waals surface area contributed by atoms with Crippen molar-refractivity contribution in [2.75, 3.05) is 13.7 Å². The summed E-state index contributed by atoms with van der Waals surface area (Å²) in [5.74, 6) is -0.883. The van der Waals surface area contributed by atoms with Crippen molar-refractivity contribution >= 4 is 22.8 Å². The molecular weight excluding hydrogens is 270 g/mol. The van der Waals surface area contributed by atoms with Crippen LogP contribution >= 0.6 is 0 Å². The molecule has 0 fully saturated rings. The Morgan fingerprint density at radius 1 is 1.10 bits per heavy atom. The minimum atomic E-state index is -0.461. The molecule has 1 heterocycles. The standard InChI is InChI=1S/C16H17NO4/c1-5-21-16(19)14-10(3)7-11-6-9(2)12(15(18)20-4)8-13(11)17-14/h6-8H,5H2,1-4H3. The highest BCUT2D eigenvalue weighted by molar-refractivity contribution is 5.98. The minimum Gasteiger partial charge on any atom is -0.465 e. The maximum atomic E-state index is 11.9. The molecule has 1 aromatic heterocycles. The summed E-state index contributed by atoms with van der Waals surface area (Å²) in [5.41, 5.74) is 2.82. The van der Waals surface area contributed by atoms with Gasteiger partial charge < -0.3 is 9.47 Å². The molecule has 0 spiro atoms. The van der Waals surface area contributed by atoms with Crippen LogP contribution in [0.15, 0.2) is 18.2 Å². The van der Waals surface area contributed by atoms with Crippen LogP contribution in [-0.4, -0.2) is 30.6 Å². The summed E-state index contributed by atoms with van der Waals surface area (Å²) in [6.45, 7) is 5.68. The topological polar surface area (TPSA) is 65.5 Å². The second-order valence-corrected chi connectivity index (χ2v) is 4.73. The maximum absolute atomic E-state index is 11.9. The number of esters is 2. The summed E-state index contributed by atoms with van der Waals surface area (Å²) in [4.78, 5) is 27.9. The van der Waals surface area contributed by atoms with E-state index in [9.17, 15) is 9.59 Å². The Morgan fingerprint density at radius 3 is 2.38 bits per heavy atom. The quantitative estimate of drug-likeness (QED) is 0.812. The van der Waals surface area contributed by atoms with Crippen LogP contribution in [0, 0.1) is 13.8 Å². The predicted molar refractivity (Wildman–Crippen MR) is 78.5 cm³/mol. The first-order valence-corrected chi connectivity index (χ1v) is 6.65. The van der Waals surface area contributed by atoms with Crippen molar-refractivity contribution in [2.45, 2.75) is 20.8 Å². The molecule has 0 amide bonds. The molecule has 0 aliphatic carbocycles. The number of nitrogens with zero attached hydrogens (tertiary/aromatic N) is 1. The van der Waals surface area contributed by atoms with E-state index in [-0.39, 0.29) is 5.69 Å². The highest BCUT2D eigenvalue weighted by atomic mass is 16.5. The van der Waals surface area contributed by atoms with Gasteiger partial charge in [0, 0.05) is 5.39 Å². The van der Waals surface area contributed by atoms with Crippen molar-refractivity contribution in [3.63, 3.8) is 0 Å². The van der Waals surface area contributed by atoms with Gasteiger partial charge in [-0.25, -0.2) is 14.6 Å². The first kappa shape index (κ1) is 15.0. The third-order valence-corrected chi connectivity index (χ3v) is 3.23. The summed E-state index contributed by atoms with van der Waals surface area (Å²) in [6.07, 6.45) is 0. The first-order valence-electron chi connectivity index (χ1n) is 6.65. The van der Waals surface area contributed by atoms with E-state index in [1.165, 1.54) is 7.11 Å². The number of pyridine rings is 1. The van der Waals surface area contributed by atoms with E-state index in [2.05, 4.69) is 4.98 Å². The van der Waals surface area contributed by atoms with E-state index in [0.29, 0.717) is 17.7 Å². The van der Waals surface area contributed by atoms with E-state index >= 15 is 0 Å². The third-order valence-electron chi connectivity index (χ3n) is 3.23. The Morgan fingerprint density at radius 2 is 1.76 bits per heavy atom. The maximum Gasteiger partial charge on any atom is 0.357 e. The summed E-state index contributed by atoms with van der Waals surface area (Å²) < 4.78 is 9.73. The molecule has 0 saturated carbocycles. The van der Waals surface area contributed by atoms with E-state index in [1.807, 2.05) is 26.0 Å². The van der Waals surface area contributed by atoms with Crippen LogP contribution in [0.1, 0.15) is 38.9 Å². The van der Waals surface area contributed by atoms with Crippen LogP contribution in [0.5, 0.6) is 0 Å². The molecular formula is C16H17NO4. The second-order valence-electron chi connectivity index (χ2n) is 4.73. The van der Waals surface area contributed by atoms with Gasteiger partial charge in [0.15, 0.2) is 5.69 Å². The van der Waals surface area contributed by atoms with Gasteiger partial charge in [-0.15, -0.1) is 0 Å². The molecule has 1 aromatic carbocycles. The van der Waals surface area contributed by atoms with Crippen LogP contribution in [0.4, 0.5) is 0 Å². The molecule has 0 radical (unpaired) electrons. The molecule has 21 heavy (non-hydrogen) atoms. The Bertz CT molecular complexity index is 722. The summed E-state index contributed by atoms with van der Waals surface area (Å²) in [7, 11) is 1.33. The highest BCUT2D eigenvalue weighted by Crippen LogP contribution is 2.22. The first-order chi connectivity index (χ1) is 9.97. The van der Waals surface area contributed by atoms with Crippen LogP contribution in [0.2, 0.25) is 0 Å². The third kappa shape index (κ3) is 2.86. The van der Waals surface area contributed by atoms with E-state index in [0.717, 1.165) is 16.5 Å². The van der Waals surface area contributed by atoms with Crippen molar-refractivity contribution in [1.29, 1.82) is 0 Å².